The van der Waals surface area contributed by atoms with Crippen molar-refractivity contribution in [1.82, 2.24) is 0 Å². The van der Waals surface area contributed by atoms with Crippen LogP contribution in [-0.2, 0) is 0 Å². The average Bonchev–Trinajstić information content (AvgIpc) is 2.55. The van der Waals surface area contributed by atoms with Crippen LogP contribution in [0, 0.1) is 0 Å². The largest absolute Gasteiger partial charge is 0.506 e. The molecule has 0 atom stereocenters. The number of benzene rings is 2. The molecule has 0 aliphatic heterocycles. The number of halogens is 2. The van der Waals surface area contributed by atoms with Gasteiger partial charge >= 0.3 is 5.63 Å². The van der Waals surface area contributed by atoms with Gasteiger partial charge in [-0.3, -0.25) is 4.79 Å². The Balaban J connectivity index is 2.12. The molecule has 0 saturated carbocycles. The number of rotatable bonds is 3. The molecule has 0 saturated heterocycles. The smallest absolute Gasteiger partial charge is 0.353 e. The van der Waals surface area contributed by atoms with Crippen molar-refractivity contribution in [2.24, 2.45) is 0 Å². The maximum atomic E-state index is 12.4. The number of ether oxygens (including phenoxy) is 1. The van der Waals surface area contributed by atoms with Crippen molar-refractivity contribution in [1.29, 1.82) is 0 Å². The highest BCUT2D eigenvalue weighted by Gasteiger charge is 2.23. The molecule has 0 fully saturated rings. The van der Waals surface area contributed by atoms with Crippen LogP contribution < -0.4 is 15.7 Å². The normalized spacial score (nSPS) is 10.7. The van der Waals surface area contributed by atoms with Crippen LogP contribution in [-0.4, -0.2) is 18.1 Å². The van der Waals surface area contributed by atoms with Crippen LogP contribution in [0.2, 0.25) is 10.0 Å². The number of anilines is 1. The quantitative estimate of drug-likeness (QED) is 0.669. The van der Waals surface area contributed by atoms with Crippen molar-refractivity contribution in [2.45, 2.75) is 0 Å². The van der Waals surface area contributed by atoms with E-state index >= 15 is 0 Å². The minimum absolute atomic E-state index is 0.0377. The van der Waals surface area contributed by atoms with Gasteiger partial charge in [-0.15, -0.1) is 0 Å². The first-order valence-corrected chi connectivity index (χ1v) is 7.76. The van der Waals surface area contributed by atoms with Crippen molar-refractivity contribution in [3.8, 4) is 11.5 Å². The van der Waals surface area contributed by atoms with E-state index in [1.54, 1.807) is 18.2 Å². The molecule has 25 heavy (non-hydrogen) atoms. The summed E-state index contributed by atoms with van der Waals surface area (Å²) in [6.45, 7) is 0. The summed E-state index contributed by atoms with van der Waals surface area (Å²) < 4.78 is 10.2. The maximum absolute atomic E-state index is 12.4. The lowest BCUT2D eigenvalue weighted by Crippen LogP contribution is -2.21. The molecule has 1 heterocycles. The van der Waals surface area contributed by atoms with Crippen LogP contribution >= 0.6 is 23.2 Å². The van der Waals surface area contributed by atoms with E-state index in [-0.39, 0.29) is 16.0 Å². The molecule has 6 nitrogen and oxygen atoms in total. The lowest BCUT2D eigenvalue weighted by Gasteiger charge is -2.10. The molecule has 1 amide bonds. The Hall–Kier alpha value is -2.70. The molecule has 0 spiro atoms. The van der Waals surface area contributed by atoms with Crippen LogP contribution in [0.3, 0.4) is 0 Å². The minimum Gasteiger partial charge on any atom is -0.506 e. The minimum atomic E-state index is -1.02. The molecule has 2 aromatic carbocycles. The number of aromatic hydroxyl groups is 1. The number of hydrogen-bond donors (Lipinski definition) is 2. The number of carbonyl (C=O) groups excluding carboxylic acids is 1. The van der Waals surface area contributed by atoms with Crippen LogP contribution in [0.5, 0.6) is 11.5 Å². The Morgan fingerprint density at radius 2 is 2.00 bits per heavy atom. The van der Waals surface area contributed by atoms with E-state index in [1.165, 1.54) is 25.3 Å². The molecule has 0 unspecified atom stereocenters. The third kappa shape index (κ3) is 3.26. The summed E-state index contributed by atoms with van der Waals surface area (Å²) in [6.07, 6.45) is 0. The number of hydrogen-bond acceptors (Lipinski definition) is 5. The van der Waals surface area contributed by atoms with Gasteiger partial charge in [0.1, 0.15) is 11.5 Å². The van der Waals surface area contributed by atoms with Gasteiger partial charge in [0.2, 0.25) is 0 Å². The molecule has 8 heteroatoms. The van der Waals surface area contributed by atoms with Crippen molar-refractivity contribution >= 4 is 45.8 Å². The van der Waals surface area contributed by atoms with E-state index in [4.69, 9.17) is 32.4 Å². The fraction of sp³-hybridized carbons (Fsp3) is 0.0588. The summed E-state index contributed by atoms with van der Waals surface area (Å²) in [4.78, 5) is 24.6. The lowest BCUT2D eigenvalue weighted by atomic mass is 10.1. The fourth-order valence-corrected chi connectivity index (χ4v) is 2.74. The van der Waals surface area contributed by atoms with Crippen molar-refractivity contribution in [2.75, 3.05) is 12.4 Å². The molecular weight excluding hydrogens is 369 g/mol. The van der Waals surface area contributed by atoms with Crippen LogP contribution in [0.25, 0.3) is 11.0 Å². The zero-order valence-electron chi connectivity index (χ0n) is 12.8. The first-order valence-electron chi connectivity index (χ1n) is 7.01. The molecule has 3 rings (SSSR count). The van der Waals surface area contributed by atoms with Crippen molar-refractivity contribution < 1.29 is 19.1 Å². The van der Waals surface area contributed by atoms with Gasteiger partial charge in [-0.1, -0.05) is 29.3 Å². The van der Waals surface area contributed by atoms with E-state index in [1.807, 2.05) is 0 Å². The Labute approximate surface area is 151 Å². The molecule has 128 valence electrons. The first-order chi connectivity index (χ1) is 11.9. The molecule has 1 aromatic heterocycles. The monoisotopic (exact) mass is 379 g/mol. The Bertz CT molecular complexity index is 1050. The highest BCUT2D eigenvalue weighted by atomic mass is 35.5. The molecule has 3 aromatic rings. The predicted molar refractivity (Wildman–Crippen MR) is 95.1 cm³/mol. The van der Waals surface area contributed by atoms with Crippen molar-refractivity contribution in [3.63, 3.8) is 0 Å². The average molecular weight is 380 g/mol. The molecule has 0 bridgehead atoms. The Morgan fingerprint density at radius 1 is 1.24 bits per heavy atom. The SMILES string of the molecule is COc1cc(Cl)c2oc(=O)c(C(=O)Nc3cccc(Cl)c3)c(O)c2c1. The third-order valence-electron chi connectivity index (χ3n) is 3.45. The fourth-order valence-electron chi connectivity index (χ4n) is 2.30. The van der Waals surface area contributed by atoms with Crippen molar-refractivity contribution in [3.05, 3.63) is 62.4 Å². The molecule has 0 radical (unpaired) electrons. The second kappa shape index (κ2) is 6.66. The summed E-state index contributed by atoms with van der Waals surface area (Å²) in [5.41, 5.74) is -1.24. The highest BCUT2D eigenvalue weighted by molar-refractivity contribution is 6.35. The highest BCUT2D eigenvalue weighted by Crippen LogP contribution is 2.35. The Kier molecular flexibility index (Phi) is 4.57. The number of methoxy groups -OCH3 is 1. The van der Waals surface area contributed by atoms with Crippen LogP contribution in [0.1, 0.15) is 10.4 Å². The van der Waals surface area contributed by atoms with Gasteiger partial charge in [0.25, 0.3) is 5.91 Å². The summed E-state index contributed by atoms with van der Waals surface area (Å²) in [5.74, 6) is -1.05. The lowest BCUT2D eigenvalue weighted by molar-refractivity contribution is 0.102. The second-order valence-corrected chi connectivity index (χ2v) is 5.91. The summed E-state index contributed by atoms with van der Waals surface area (Å²) in [7, 11) is 1.42. The number of amides is 1. The summed E-state index contributed by atoms with van der Waals surface area (Å²) in [6, 6.07) is 9.19. The van der Waals surface area contributed by atoms with Gasteiger partial charge in [0, 0.05) is 16.8 Å². The summed E-state index contributed by atoms with van der Waals surface area (Å²) >= 11 is 11.9. The van der Waals surface area contributed by atoms with Gasteiger partial charge < -0.3 is 19.6 Å². The molecule has 0 aliphatic carbocycles. The van der Waals surface area contributed by atoms with E-state index in [0.717, 1.165) is 0 Å². The predicted octanol–water partition coefficient (Wildman–Crippen LogP) is 4.07. The summed E-state index contributed by atoms with van der Waals surface area (Å²) in [5, 5.41) is 13.5. The van der Waals surface area contributed by atoms with Gasteiger partial charge in [0.15, 0.2) is 11.1 Å². The molecule has 0 aliphatic rings. The maximum Gasteiger partial charge on any atom is 0.353 e. The van der Waals surface area contributed by atoms with E-state index in [0.29, 0.717) is 16.5 Å². The molecule has 2 N–H and O–H groups in total. The van der Waals surface area contributed by atoms with Crippen LogP contribution in [0.4, 0.5) is 5.69 Å². The number of carbonyl (C=O) groups is 1. The first kappa shape index (κ1) is 17.1. The van der Waals surface area contributed by atoms with Gasteiger partial charge in [-0.05, 0) is 24.3 Å². The van der Waals surface area contributed by atoms with Gasteiger partial charge in [-0.25, -0.2) is 4.79 Å². The van der Waals surface area contributed by atoms with E-state index in [9.17, 15) is 14.7 Å². The van der Waals surface area contributed by atoms with Gasteiger partial charge in [0.05, 0.1) is 17.5 Å². The van der Waals surface area contributed by atoms with E-state index < -0.39 is 22.8 Å². The topological polar surface area (TPSA) is 88.8 Å². The van der Waals surface area contributed by atoms with E-state index in [2.05, 4.69) is 5.32 Å². The second-order valence-electron chi connectivity index (χ2n) is 5.06. The number of fused-ring (bicyclic) bond motifs is 1. The molecular formula is C17H11Cl2NO5. The standard InChI is InChI=1S/C17H11Cl2NO5/c1-24-10-6-11-14(21)13(17(23)25-15(11)12(19)7-10)16(22)20-9-4-2-3-8(18)5-9/h2-7,21H,1H3,(H,20,22). The van der Waals surface area contributed by atoms with Gasteiger partial charge in [-0.2, -0.15) is 0 Å². The zero-order valence-corrected chi connectivity index (χ0v) is 14.3. The number of nitrogens with one attached hydrogen (secondary N) is 1. The van der Waals surface area contributed by atoms with Crippen LogP contribution in [0.15, 0.2) is 45.6 Å². The zero-order chi connectivity index (χ0) is 18.1. The third-order valence-corrected chi connectivity index (χ3v) is 3.97. The Morgan fingerprint density at radius 3 is 2.68 bits per heavy atom.